The van der Waals surface area contributed by atoms with E-state index in [0.29, 0.717) is 31.1 Å². The number of piperazine rings is 1. The first-order chi connectivity index (χ1) is 12.4. The van der Waals surface area contributed by atoms with Crippen LogP contribution in [0.5, 0.6) is 5.75 Å². The number of hydrogen-bond acceptors (Lipinski definition) is 4. The minimum atomic E-state index is -3.42. The van der Waals surface area contributed by atoms with Crippen LogP contribution in [0.1, 0.15) is 19.4 Å². The van der Waals surface area contributed by atoms with Crippen molar-refractivity contribution in [3.63, 3.8) is 0 Å². The highest BCUT2D eigenvalue weighted by atomic mass is 32.2. The highest BCUT2D eigenvalue weighted by Crippen LogP contribution is 2.24. The lowest BCUT2D eigenvalue weighted by molar-refractivity contribution is 0.242. The second-order valence-electron chi connectivity index (χ2n) is 6.87. The van der Waals surface area contributed by atoms with Crippen LogP contribution in [0.2, 0.25) is 0 Å². The molecule has 0 aliphatic carbocycles. The Hall–Kier alpha value is -2.05. The largest absolute Gasteiger partial charge is 0.491 e. The summed E-state index contributed by atoms with van der Waals surface area (Å²) in [6, 6.07) is 15.1. The molecule has 6 heteroatoms. The summed E-state index contributed by atoms with van der Waals surface area (Å²) in [6.45, 7) is 8.24. The van der Waals surface area contributed by atoms with Gasteiger partial charge in [0.1, 0.15) is 5.75 Å². The topological polar surface area (TPSA) is 49.9 Å². The fourth-order valence-corrected chi connectivity index (χ4v) is 4.65. The summed E-state index contributed by atoms with van der Waals surface area (Å²) in [4.78, 5) is 2.59. The van der Waals surface area contributed by atoms with E-state index in [9.17, 15) is 8.42 Å². The lowest BCUT2D eigenvalue weighted by Gasteiger charge is -2.35. The number of hydrogen-bond donors (Lipinski definition) is 0. The third-order valence-electron chi connectivity index (χ3n) is 4.44. The molecule has 0 bridgehead atoms. The van der Waals surface area contributed by atoms with E-state index >= 15 is 0 Å². The van der Waals surface area contributed by atoms with E-state index in [2.05, 4.69) is 4.90 Å². The monoisotopic (exact) mass is 374 g/mol. The van der Waals surface area contributed by atoms with Crippen LogP contribution in [-0.2, 0) is 10.0 Å². The van der Waals surface area contributed by atoms with E-state index < -0.39 is 10.0 Å². The second-order valence-corrected chi connectivity index (χ2v) is 8.81. The van der Waals surface area contributed by atoms with Gasteiger partial charge < -0.3 is 9.64 Å². The molecule has 5 nitrogen and oxygen atoms in total. The Morgan fingerprint density at radius 1 is 0.962 bits per heavy atom. The van der Waals surface area contributed by atoms with E-state index in [1.165, 1.54) is 0 Å². The molecular formula is C20H26N2O3S. The molecule has 1 heterocycles. The molecule has 3 rings (SSSR count). The zero-order valence-corrected chi connectivity index (χ0v) is 16.4. The van der Waals surface area contributed by atoms with Gasteiger partial charge in [0.2, 0.25) is 10.0 Å². The molecule has 0 radical (unpaired) electrons. The molecule has 0 atom stereocenters. The molecule has 1 fully saturated rings. The van der Waals surface area contributed by atoms with Crippen molar-refractivity contribution in [1.29, 1.82) is 0 Å². The molecule has 0 amide bonds. The van der Waals surface area contributed by atoms with Gasteiger partial charge in [0.15, 0.2) is 0 Å². The van der Waals surface area contributed by atoms with Gasteiger partial charge >= 0.3 is 0 Å². The minimum Gasteiger partial charge on any atom is -0.491 e. The summed E-state index contributed by atoms with van der Waals surface area (Å²) in [5.41, 5.74) is 2.04. The van der Waals surface area contributed by atoms with Crippen molar-refractivity contribution in [2.45, 2.75) is 31.8 Å². The van der Waals surface area contributed by atoms with Crippen LogP contribution in [0.3, 0.4) is 0 Å². The Morgan fingerprint density at radius 3 is 2.19 bits per heavy atom. The number of ether oxygens (including phenoxy) is 1. The number of aryl methyl sites for hydroxylation is 1. The first kappa shape index (κ1) is 18.7. The molecule has 0 saturated carbocycles. The number of anilines is 1. The van der Waals surface area contributed by atoms with Gasteiger partial charge in [-0.3, -0.25) is 0 Å². The van der Waals surface area contributed by atoms with Gasteiger partial charge in [-0.15, -0.1) is 0 Å². The Morgan fingerprint density at radius 2 is 1.62 bits per heavy atom. The normalized spacial score (nSPS) is 16.1. The highest BCUT2D eigenvalue weighted by Gasteiger charge is 2.28. The Kier molecular flexibility index (Phi) is 5.53. The zero-order valence-electron chi connectivity index (χ0n) is 15.6. The van der Waals surface area contributed by atoms with Crippen molar-refractivity contribution in [2.75, 3.05) is 31.1 Å². The fraction of sp³-hybridized carbons (Fsp3) is 0.400. The van der Waals surface area contributed by atoms with E-state index in [4.69, 9.17) is 4.74 Å². The SMILES string of the molecule is Cc1cccc(S(=O)(=O)N2CCN(c3ccc(OC(C)C)cc3)CC2)c1. The molecule has 140 valence electrons. The molecule has 1 aliphatic rings. The first-order valence-corrected chi connectivity index (χ1v) is 10.4. The average molecular weight is 375 g/mol. The number of rotatable bonds is 5. The maximum absolute atomic E-state index is 12.8. The van der Waals surface area contributed by atoms with Crippen LogP contribution >= 0.6 is 0 Å². The number of benzene rings is 2. The van der Waals surface area contributed by atoms with Crippen molar-refractivity contribution < 1.29 is 13.2 Å². The lowest BCUT2D eigenvalue weighted by Crippen LogP contribution is -2.48. The van der Waals surface area contributed by atoms with Crippen molar-refractivity contribution >= 4 is 15.7 Å². The third-order valence-corrected chi connectivity index (χ3v) is 6.33. The van der Waals surface area contributed by atoms with Crippen molar-refractivity contribution in [3.05, 3.63) is 54.1 Å². The van der Waals surface area contributed by atoms with Gasteiger partial charge in [0.25, 0.3) is 0 Å². The highest BCUT2D eigenvalue weighted by molar-refractivity contribution is 7.89. The predicted molar refractivity (Wildman–Crippen MR) is 104 cm³/mol. The molecule has 0 spiro atoms. The van der Waals surface area contributed by atoms with Gasteiger partial charge in [0.05, 0.1) is 11.0 Å². The second kappa shape index (κ2) is 7.68. The molecule has 2 aromatic rings. The molecule has 1 aliphatic heterocycles. The Labute approximate surface area is 156 Å². The third kappa shape index (κ3) is 4.19. The summed E-state index contributed by atoms with van der Waals surface area (Å²) in [6.07, 6.45) is 0.149. The fourth-order valence-electron chi connectivity index (χ4n) is 3.12. The van der Waals surface area contributed by atoms with Crippen LogP contribution < -0.4 is 9.64 Å². The number of nitrogens with zero attached hydrogens (tertiary/aromatic N) is 2. The van der Waals surface area contributed by atoms with Crippen molar-refractivity contribution in [2.24, 2.45) is 0 Å². The van der Waals surface area contributed by atoms with Gasteiger partial charge in [0, 0.05) is 31.9 Å². The van der Waals surface area contributed by atoms with E-state index in [1.54, 1.807) is 22.5 Å². The lowest BCUT2D eigenvalue weighted by atomic mass is 10.2. The number of sulfonamides is 1. The Balaban J connectivity index is 1.65. The predicted octanol–water partition coefficient (Wildman–Crippen LogP) is 3.29. The molecule has 0 unspecified atom stereocenters. The van der Waals surface area contributed by atoms with Crippen LogP contribution in [0.25, 0.3) is 0 Å². The van der Waals surface area contributed by atoms with Crippen LogP contribution in [0, 0.1) is 6.92 Å². The van der Waals surface area contributed by atoms with Gasteiger partial charge in [-0.05, 0) is 62.7 Å². The van der Waals surface area contributed by atoms with Crippen LogP contribution in [-0.4, -0.2) is 45.0 Å². The van der Waals surface area contributed by atoms with Crippen molar-refractivity contribution in [3.8, 4) is 5.75 Å². The summed E-state index contributed by atoms with van der Waals surface area (Å²) in [7, 11) is -3.42. The molecule has 2 aromatic carbocycles. The van der Waals surface area contributed by atoms with Crippen molar-refractivity contribution in [1.82, 2.24) is 4.31 Å². The summed E-state index contributed by atoms with van der Waals surface area (Å²) >= 11 is 0. The van der Waals surface area contributed by atoms with E-state index in [1.807, 2.05) is 51.1 Å². The first-order valence-electron chi connectivity index (χ1n) is 8.95. The van der Waals surface area contributed by atoms with Gasteiger partial charge in [-0.1, -0.05) is 12.1 Å². The van der Waals surface area contributed by atoms with Gasteiger partial charge in [-0.25, -0.2) is 8.42 Å². The summed E-state index contributed by atoms with van der Waals surface area (Å²) in [5, 5.41) is 0. The van der Waals surface area contributed by atoms with Gasteiger partial charge in [-0.2, -0.15) is 4.31 Å². The summed E-state index contributed by atoms with van der Waals surface area (Å²) < 4.78 is 32.9. The molecule has 26 heavy (non-hydrogen) atoms. The molecular weight excluding hydrogens is 348 g/mol. The van der Waals surface area contributed by atoms with Crippen LogP contribution in [0.4, 0.5) is 5.69 Å². The summed E-state index contributed by atoms with van der Waals surface area (Å²) in [5.74, 6) is 0.851. The minimum absolute atomic E-state index is 0.149. The average Bonchev–Trinajstić information content (AvgIpc) is 2.62. The quantitative estimate of drug-likeness (QED) is 0.806. The molecule has 0 aromatic heterocycles. The smallest absolute Gasteiger partial charge is 0.243 e. The van der Waals surface area contributed by atoms with E-state index in [-0.39, 0.29) is 6.10 Å². The maximum Gasteiger partial charge on any atom is 0.243 e. The molecule has 0 N–H and O–H groups in total. The Bertz CT molecular complexity index is 840. The zero-order chi connectivity index (χ0) is 18.7. The van der Waals surface area contributed by atoms with E-state index in [0.717, 1.165) is 17.0 Å². The maximum atomic E-state index is 12.8. The van der Waals surface area contributed by atoms with Crippen LogP contribution in [0.15, 0.2) is 53.4 Å². The molecule has 1 saturated heterocycles. The standard InChI is InChI=1S/C20H26N2O3S/c1-16(2)25-19-9-7-18(8-10-19)21-11-13-22(14-12-21)26(23,24)20-6-4-5-17(3)15-20/h4-10,15-16H,11-14H2,1-3H3.